The average molecular weight is 478 g/mol. The Morgan fingerprint density at radius 3 is 2.42 bits per heavy atom. The zero-order valence-corrected chi connectivity index (χ0v) is 17.1. The number of nitrogen functional groups attached to an aromatic ring is 1. The molecule has 4 rings (SSSR count). The van der Waals surface area contributed by atoms with Gasteiger partial charge in [-0.3, -0.25) is 4.79 Å². The van der Waals surface area contributed by atoms with Gasteiger partial charge in [-0.05, 0) is 48.5 Å². The summed E-state index contributed by atoms with van der Waals surface area (Å²) < 4.78 is 56.0. The van der Waals surface area contributed by atoms with Crippen molar-refractivity contribution in [2.75, 3.05) is 5.73 Å². The number of aromatic nitrogens is 2. The molecular weight excluding hydrogens is 466 g/mol. The number of aromatic carboxylic acids is 1. The highest BCUT2D eigenvalue weighted by Gasteiger charge is 2.37. The number of carboxylic acids is 1. The molecule has 0 amide bonds. The van der Waals surface area contributed by atoms with Crippen LogP contribution in [0.3, 0.4) is 0 Å². The van der Waals surface area contributed by atoms with E-state index in [9.17, 15) is 27.2 Å². The van der Waals surface area contributed by atoms with Crippen LogP contribution in [0.1, 0.15) is 26.3 Å². The van der Waals surface area contributed by atoms with E-state index < -0.39 is 40.0 Å². The number of carbonyl (C=O) groups is 2. The second kappa shape index (κ2) is 7.89. The van der Waals surface area contributed by atoms with Gasteiger partial charge in [-0.2, -0.15) is 23.0 Å². The smallest absolute Gasteiger partial charge is 0.417 e. The van der Waals surface area contributed by atoms with E-state index in [0.29, 0.717) is 10.7 Å². The fraction of sp³-hybridized carbons (Fsp3) is 0.0455. The number of carbonyl (C=O) groups excluding carboxylic acids is 1. The average Bonchev–Trinajstić information content (AvgIpc) is 3.10. The summed E-state index contributed by atoms with van der Waals surface area (Å²) in [5, 5.41) is 12.9. The van der Waals surface area contributed by atoms with Crippen LogP contribution in [0.2, 0.25) is 5.02 Å². The zero-order valence-electron chi connectivity index (χ0n) is 16.3. The topological polar surface area (TPSA) is 98.2 Å². The number of halogens is 5. The lowest BCUT2D eigenvalue weighted by Crippen LogP contribution is -2.20. The monoisotopic (exact) mass is 477 g/mol. The predicted molar refractivity (Wildman–Crippen MR) is 113 cm³/mol. The van der Waals surface area contributed by atoms with Crippen molar-refractivity contribution in [1.29, 1.82) is 0 Å². The van der Waals surface area contributed by atoms with Crippen LogP contribution in [0.4, 0.5) is 23.2 Å². The Labute approximate surface area is 187 Å². The lowest BCUT2D eigenvalue weighted by atomic mass is 10.0. The summed E-state index contributed by atoms with van der Waals surface area (Å²) in [6, 6.07) is 10.2. The van der Waals surface area contributed by atoms with Gasteiger partial charge in [0.15, 0.2) is 0 Å². The third-order valence-corrected chi connectivity index (χ3v) is 5.22. The molecule has 0 atom stereocenters. The molecule has 168 valence electrons. The van der Waals surface area contributed by atoms with E-state index >= 15 is 0 Å². The predicted octanol–water partition coefficient (Wildman–Crippen LogP) is 5.48. The molecule has 1 aromatic heterocycles. The van der Waals surface area contributed by atoms with Gasteiger partial charge in [-0.15, -0.1) is 0 Å². The highest BCUT2D eigenvalue weighted by molar-refractivity contribution is 6.34. The number of alkyl halides is 3. The summed E-state index contributed by atoms with van der Waals surface area (Å²) in [6.07, 6.45) is -4.88. The third kappa shape index (κ3) is 3.89. The highest BCUT2D eigenvalue weighted by Crippen LogP contribution is 2.37. The summed E-state index contributed by atoms with van der Waals surface area (Å²) in [5.74, 6) is -3.49. The SMILES string of the molecule is Nc1ccc2c(-c3ccc(C(=O)O)cc3F)nn(C(=O)c3c(Cl)cccc3C(F)(F)F)c2c1. The summed E-state index contributed by atoms with van der Waals surface area (Å²) in [7, 11) is 0. The summed E-state index contributed by atoms with van der Waals surface area (Å²) in [5.41, 5.74) is 3.35. The lowest BCUT2D eigenvalue weighted by molar-refractivity contribution is -0.137. The molecule has 0 aliphatic heterocycles. The number of hydrogen-bond acceptors (Lipinski definition) is 4. The summed E-state index contributed by atoms with van der Waals surface area (Å²) in [6.45, 7) is 0. The minimum atomic E-state index is -4.88. The van der Waals surface area contributed by atoms with Crippen LogP contribution in [0, 0.1) is 5.82 Å². The van der Waals surface area contributed by atoms with Crippen LogP contribution in [0.5, 0.6) is 0 Å². The number of benzene rings is 3. The first-order valence-corrected chi connectivity index (χ1v) is 9.58. The normalized spacial score (nSPS) is 11.7. The molecule has 0 fully saturated rings. The maximum atomic E-state index is 14.7. The van der Waals surface area contributed by atoms with Gasteiger partial charge in [0.1, 0.15) is 11.5 Å². The Morgan fingerprint density at radius 2 is 1.79 bits per heavy atom. The van der Waals surface area contributed by atoms with Crippen molar-refractivity contribution >= 4 is 40.1 Å². The Balaban J connectivity index is 1.98. The van der Waals surface area contributed by atoms with Crippen LogP contribution in [-0.4, -0.2) is 26.8 Å². The lowest BCUT2D eigenvalue weighted by Gasteiger charge is -2.13. The van der Waals surface area contributed by atoms with Crippen LogP contribution in [0.25, 0.3) is 22.2 Å². The van der Waals surface area contributed by atoms with E-state index in [1.165, 1.54) is 18.2 Å². The molecule has 1 heterocycles. The summed E-state index contributed by atoms with van der Waals surface area (Å²) >= 11 is 5.96. The van der Waals surface area contributed by atoms with Gasteiger partial charge in [0.25, 0.3) is 5.91 Å². The van der Waals surface area contributed by atoms with Crippen molar-refractivity contribution < 1.29 is 32.3 Å². The molecule has 0 radical (unpaired) electrons. The van der Waals surface area contributed by atoms with Crippen LogP contribution >= 0.6 is 11.6 Å². The maximum Gasteiger partial charge on any atom is 0.417 e. The summed E-state index contributed by atoms with van der Waals surface area (Å²) in [4.78, 5) is 24.3. The first kappa shape index (κ1) is 22.3. The van der Waals surface area contributed by atoms with Crippen LogP contribution in [-0.2, 0) is 6.18 Å². The molecule has 0 bridgehead atoms. The first-order chi connectivity index (χ1) is 15.5. The minimum absolute atomic E-state index is 0.0183. The molecule has 11 heteroatoms. The molecule has 0 unspecified atom stereocenters. The van der Waals surface area contributed by atoms with Gasteiger partial charge in [0.05, 0.1) is 27.2 Å². The van der Waals surface area contributed by atoms with E-state index in [0.717, 1.165) is 30.3 Å². The number of hydrogen-bond donors (Lipinski definition) is 2. The Kier molecular flexibility index (Phi) is 5.33. The highest BCUT2D eigenvalue weighted by atomic mass is 35.5. The largest absolute Gasteiger partial charge is 0.478 e. The third-order valence-electron chi connectivity index (χ3n) is 4.90. The van der Waals surface area contributed by atoms with Crippen molar-refractivity contribution in [1.82, 2.24) is 9.78 Å². The van der Waals surface area contributed by atoms with Crippen molar-refractivity contribution in [3.05, 3.63) is 82.1 Å². The van der Waals surface area contributed by atoms with E-state index in [2.05, 4.69) is 5.10 Å². The fourth-order valence-corrected chi connectivity index (χ4v) is 3.66. The van der Waals surface area contributed by atoms with Crippen molar-refractivity contribution in [2.24, 2.45) is 0 Å². The maximum absolute atomic E-state index is 14.7. The molecule has 33 heavy (non-hydrogen) atoms. The number of nitrogens with zero attached hydrogens (tertiary/aromatic N) is 2. The second-order valence-corrected chi connectivity index (χ2v) is 7.41. The standard InChI is InChI=1S/C22H12ClF4N3O3/c23-15-3-1-2-14(22(25,26)27)18(15)20(31)30-17-9-11(28)5-7-13(17)19(29-30)12-6-4-10(21(32)33)8-16(12)24/h1-9H,28H2,(H,32,33). The van der Waals surface area contributed by atoms with Gasteiger partial charge in [0, 0.05) is 16.6 Å². The molecule has 0 aliphatic carbocycles. The van der Waals surface area contributed by atoms with E-state index in [4.69, 9.17) is 22.4 Å². The first-order valence-electron chi connectivity index (χ1n) is 9.21. The van der Waals surface area contributed by atoms with E-state index in [1.807, 2.05) is 0 Å². The molecule has 0 saturated heterocycles. The molecule has 0 aliphatic rings. The van der Waals surface area contributed by atoms with Gasteiger partial charge in [-0.25, -0.2) is 9.18 Å². The zero-order chi connectivity index (χ0) is 24.1. The molecule has 6 nitrogen and oxygen atoms in total. The van der Waals surface area contributed by atoms with Gasteiger partial charge in [0.2, 0.25) is 0 Å². The van der Waals surface area contributed by atoms with Crippen LogP contribution < -0.4 is 5.73 Å². The number of fused-ring (bicyclic) bond motifs is 1. The molecule has 4 aromatic rings. The van der Waals surface area contributed by atoms with Crippen molar-refractivity contribution in [3.8, 4) is 11.3 Å². The molecule has 3 aromatic carbocycles. The minimum Gasteiger partial charge on any atom is -0.478 e. The van der Waals surface area contributed by atoms with E-state index in [-0.39, 0.29) is 33.4 Å². The fourth-order valence-electron chi connectivity index (χ4n) is 3.41. The second-order valence-electron chi connectivity index (χ2n) is 7.00. The molecular formula is C22H12ClF4N3O3. The Bertz CT molecular complexity index is 1450. The molecule has 0 spiro atoms. The van der Waals surface area contributed by atoms with Crippen molar-refractivity contribution in [2.45, 2.75) is 6.18 Å². The quantitative estimate of drug-likeness (QED) is 0.300. The molecule has 3 N–H and O–H groups in total. The van der Waals surface area contributed by atoms with E-state index in [1.54, 1.807) is 0 Å². The number of rotatable bonds is 3. The van der Waals surface area contributed by atoms with Crippen molar-refractivity contribution in [3.63, 3.8) is 0 Å². The Hall–Kier alpha value is -3.92. The van der Waals surface area contributed by atoms with Gasteiger partial charge in [-0.1, -0.05) is 17.7 Å². The number of carboxylic acid groups (broad SMARTS) is 1. The van der Waals surface area contributed by atoms with Crippen LogP contribution in [0.15, 0.2) is 54.6 Å². The molecule has 0 saturated carbocycles. The Morgan fingerprint density at radius 1 is 1.06 bits per heavy atom. The van der Waals surface area contributed by atoms with Gasteiger partial charge < -0.3 is 10.8 Å². The number of anilines is 1. The van der Waals surface area contributed by atoms with Gasteiger partial charge >= 0.3 is 12.1 Å². The number of nitrogens with two attached hydrogens (primary N) is 1.